The van der Waals surface area contributed by atoms with Crippen LogP contribution in [-0.4, -0.2) is 57.8 Å². The number of benzene rings is 3. The molecule has 2 unspecified atom stereocenters. The number of rotatable bonds is 10. The molecule has 3 amide bonds. The Morgan fingerprint density at radius 1 is 0.857 bits per heavy atom. The molecule has 0 heterocycles. The van der Waals surface area contributed by atoms with Crippen LogP contribution in [0, 0.1) is 0 Å². The van der Waals surface area contributed by atoms with Crippen LogP contribution in [0.1, 0.15) is 51.8 Å². The van der Waals surface area contributed by atoms with E-state index in [9.17, 15) is 24.6 Å². The van der Waals surface area contributed by atoms with Crippen LogP contribution in [0.15, 0.2) is 72.8 Å². The Balaban J connectivity index is 2.03. The van der Waals surface area contributed by atoms with Crippen LogP contribution in [0.2, 0.25) is 0 Å². The second kappa shape index (κ2) is 13.8. The van der Waals surface area contributed by atoms with E-state index in [0.29, 0.717) is 22.6 Å². The molecule has 0 fully saturated rings. The Morgan fingerprint density at radius 3 is 1.90 bits per heavy atom. The molecule has 2 atom stereocenters. The lowest BCUT2D eigenvalue weighted by Gasteiger charge is -2.37. The average molecular weight is 578 g/mol. The summed E-state index contributed by atoms with van der Waals surface area (Å²) in [4.78, 5) is 42.5. The minimum absolute atomic E-state index is 0.00675. The topological polar surface area (TPSA) is 137 Å². The second-order valence-electron chi connectivity index (χ2n) is 11.1. The van der Waals surface area contributed by atoms with E-state index in [1.165, 1.54) is 29.2 Å². The number of phenols is 2. The third-order valence-corrected chi connectivity index (χ3v) is 6.27. The number of phenolic OH excluding ortho intramolecular Hbond substituents is 2. The molecule has 3 rings (SSSR count). The van der Waals surface area contributed by atoms with E-state index >= 15 is 0 Å². The molecule has 0 saturated heterocycles. The van der Waals surface area contributed by atoms with Gasteiger partial charge in [0.05, 0.1) is 7.11 Å². The van der Waals surface area contributed by atoms with Crippen LogP contribution in [-0.2, 0) is 20.7 Å². The van der Waals surface area contributed by atoms with Crippen molar-refractivity contribution < 1.29 is 34.1 Å². The molecular formula is C32H39N3O7. The molecule has 4 N–H and O–H groups in total. The van der Waals surface area contributed by atoms with Gasteiger partial charge < -0.3 is 35.2 Å². The maximum atomic E-state index is 14.3. The van der Waals surface area contributed by atoms with E-state index in [-0.39, 0.29) is 17.9 Å². The standard InChI is InChI=1S/C32H39N3O7/c1-20(2)35(30(39)27(34-31(40)42-32(3,4)5)19-21-7-13-24(36)14-8-21)28(22-9-15-25(37)16-10-22)29(38)33-23-11-17-26(41-6)18-12-23/h7-18,20,27-28,36-37H,19H2,1-6H3,(H,33,38)(H,34,40). The molecule has 0 spiro atoms. The number of amides is 3. The molecular weight excluding hydrogens is 538 g/mol. The Bertz CT molecular complexity index is 1350. The summed E-state index contributed by atoms with van der Waals surface area (Å²) in [6.45, 7) is 8.70. The van der Waals surface area contributed by atoms with Crippen LogP contribution < -0.4 is 15.4 Å². The predicted molar refractivity (Wildman–Crippen MR) is 159 cm³/mol. The third kappa shape index (κ3) is 8.89. The van der Waals surface area contributed by atoms with E-state index in [1.54, 1.807) is 90.3 Å². The van der Waals surface area contributed by atoms with Gasteiger partial charge in [-0.15, -0.1) is 0 Å². The molecule has 0 aliphatic heterocycles. The molecule has 0 radical (unpaired) electrons. The maximum absolute atomic E-state index is 14.3. The summed E-state index contributed by atoms with van der Waals surface area (Å²) >= 11 is 0. The molecule has 224 valence electrons. The summed E-state index contributed by atoms with van der Waals surface area (Å²) in [5.41, 5.74) is 0.824. The minimum Gasteiger partial charge on any atom is -0.508 e. The van der Waals surface area contributed by atoms with Crippen molar-refractivity contribution >= 4 is 23.6 Å². The summed E-state index contributed by atoms with van der Waals surface area (Å²) in [5.74, 6) is -0.326. The van der Waals surface area contributed by atoms with Crippen LogP contribution >= 0.6 is 0 Å². The predicted octanol–water partition coefficient (Wildman–Crippen LogP) is 5.16. The van der Waals surface area contributed by atoms with Gasteiger partial charge in [-0.2, -0.15) is 0 Å². The van der Waals surface area contributed by atoms with Crippen molar-refractivity contribution in [3.8, 4) is 17.2 Å². The number of methoxy groups -OCH3 is 1. The lowest BCUT2D eigenvalue weighted by molar-refractivity contribution is -0.142. The molecule has 10 nitrogen and oxygen atoms in total. The van der Waals surface area contributed by atoms with Gasteiger partial charge in [-0.3, -0.25) is 9.59 Å². The lowest BCUT2D eigenvalue weighted by atomic mass is 9.98. The normalized spacial score (nSPS) is 12.6. The first-order chi connectivity index (χ1) is 19.8. The Kier molecular flexibility index (Phi) is 10.4. The minimum atomic E-state index is -1.12. The first-order valence-corrected chi connectivity index (χ1v) is 13.6. The van der Waals surface area contributed by atoms with Crippen molar-refractivity contribution in [3.63, 3.8) is 0 Å². The van der Waals surface area contributed by atoms with E-state index in [1.807, 2.05) is 0 Å². The Labute approximate surface area is 246 Å². The number of alkyl carbamates (subject to hydrolysis) is 1. The fraction of sp³-hybridized carbons (Fsp3) is 0.344. The van der Waals surface area contributed by atoms with Gasteiger partial charge in [0, 0.05) is 18.2 Å². The van der Waals surface area contributed by atoms with Gasteiger partial charge in [-0.1, -0.05) is 24.3 Å². The zero-order valence-electron chi connectivity index (χ0n) is 24.8. The number of nitrogens with zero attached hydrogens (tertiary/aromatic N) is 1. The number of anilines is 1. The van der Waals surface area contributed by atoms with Crippen molar-refractivity contribution in [1.29, 1.82) is 0 Å². The molecule has 42 heavy (non-hydrogen) atoms. The largest absolute Gasteiger partial charge is 0.508 e. The smallest absolute Gasteiger partial charge is 0.408 e. The lowest BCUT2D eigenvalue weighted by Crippen LogP contribution is -2.55. The first-order valence-electron chi connectivity index (χ1n) is 13.6. The summed E-state index contributed by atoms with van der Waals surface area (Å²) in [5, 5.41) is 25.2. The van der Waals surface area contributed by atoms with Crippen LogP contribution in [0.5, 0.6) is 17.2 Å². The number of carbonyl (C=O) groups excluding carboxylic acids is 3. The zero-order chi connectivity index (χ0) is 31.0. The van der Waals surface area contributed by atoms with Crippen molar-refractivity contribution in [2.45, 2.75) is 64.8 Å². The number of hydrogen-bond donors (Lipinski definition) is 4. The zero-order valence-corrected chi connectivity index (χ0v) is 24.8. The maximum Gasteiger partial charge on any atom is 0.408 e. The van der Waals surface area contributed by atoms with Gasteiger partial charge >= 0.3 is 6.09 Å². The Morgan fingerprint density at radius 2 is 1.40 bits per heavy atom. The van der Waals surface area contributed by atoms with Gasteiger partial charge in [0.1, 0.15) is 34.9 Å². The summed E-state index contributed by atoms with van der Waals surface area (Å²) in [6, 6.07) is 16.4. The van der Waals surface area contributed by atoms with E-state index in [0.717, 1.165) is 0 Å². The number of ether oxygens (including phenoxy) is 2. The molecule has 0 aliphatic rings. The first kappa shape index (κ1) is 31.8. The van der Waals surface area contributed by atoms with E-state index in [2.05, 4.69) is 10.6 Å². The number of carbonyl (C=O) groups is 3. The number of nitrogens with one attached hydrogen (secondary N) is 2. The summed E-state index contributed by atoms with van der Waals surface area (Å²) in [7, 11) is 1.54. The quantitative estimate of drug-likeness (QED) is 0.261. The Hall–Kier alpha value is -4.73. The third-order valence-electron chi connectivity index (χ3n) is 6.27. The van der Waals surface area contributed by atoms with Crippen LogP contribution in [0.3, 0.4) is 0 Å². The van der Waals surface area contributed by atoms with Crippen LogP contribution in [0.25, 0.3) is 0 Å². The molecule has 0 aromatic heterocycles. The van der Waals surface area contributed by atoms with Crippen molar-refractivity contribution in [3.05, 3.63) is 83.9 Å². The van der Waals surface area contributed by atoms with Gasteiger partial charge in [-0.05, 0) is 94.3 Å². The van der Waals surface area contributed by atoms with Crippen LogP contribution in [0.4, 0.5) is 10.5 Å². The van der Waals surface area contributed by atoms with Gasteiger partial charge in [0.2, 0.25) is 5.91 Å². The molecule has 0 aliphatic carbocycles. The SMILES string of the molecule is COc1ccc(NC(=O)C(c2ccc(O)cc2)N(C(=O)C(Cc2ccc(O)cc2)NC(=O)OC(C)(C)C)C(C)C)cc1. The molecule has 0 bridgehead atoms. The molecule has 3 aromatic carbocycles. The monoisotopic (exact) mass is 577 g/mol. The highest BCUT2D eigenvalue weighted by Gasteiger charge is 2.38. The summed E-state index contributed by atoms with van der Waals surface area (Å²) in [6.07, 6.45) is -0.712. The van der Waals surface area contributed by atoms with Crippen molar-refractivity contribution in [1.82, 2.24) is 10.2 Å². The molecule has 10 heteroatoms. The van der Waals surface area contributed by atoms with Crippen molar-refractivity contribution in [2.24, 2.45) is 0 Å². The highest BCUT2D eigenvalue weighted by atomic mass is 16.6. The van der Waals surface area contributed by atoms with E-state index in [4.69, 9.17) is 9.47 Å². The summed E-state index contributed by atoms with van der Waals surface area (Å²) < 4.78 is 10.6. The fourth-order valence-corrected chi connectivity index (χ4v) is 4.36. The number of aromatic hydroxyl groups is 2. The van der Waals surface area contributed by atoms with Gasteiger partial charge in [0.15, 0.2) is 0 Å². The van der Waals surface area contributed by atoms with Gasteiger partial charge in [0.25, 0.3) is 5.91 Å². The average Bonchev–Trinajstić information content (AvgIpc) is 2.92. The molecule has 0 saturated carbocycles. The highest BCUT2D eigenvalue weighted by Crippen LogP contribution is 2.29. The van der Waals surface area contributed by atoms with Gasteiger partial charge in [-0.25, -0.2) is 4.79 Å². The van der Waals surface area contributed by atoms with Crippen molar-refractivity contribution in [2.75, 3.05) is 12.4 Å². The number of hydrogen-bond acceptors (Lipinski definition) is 7. The fourth-order valence-electron chi connectivity index (χ4n) is 4.36. The second-order valence-corrected chi connectivity index (χ2v) is 11.1. The molecule has 3 aromatic rings. The highest BCUT2D eigenvalue weighted by molar-refractivity contribution is 5.99. The van der Waals surface area contributed by atoms with E-state index < -0.39 is 41.6 Å².